The Balaban J connectivity index is 2.17. The molecule has 0 unspecified atom stereocenters. The summed E-state index contributed by atoms with van der Waals surface area (Å²) in [5.74, 6) is 1.02. The third-order valence-electron chi connectivity index (χ3n) is 3.07. The summed E-state index contributed by atoms with van der Waals surface area (Å²) >= 11 is 0. The molecule has 0 fully saturated rings. The van der Waals surface area contributed by atoms with Crippen molar-refractivity contribution in [2.75, 3.05) is 14.2 Å². The van der Waals surface area contributed by atoms with E-state index in [0.29, 0.717) is 22.8 Å². The summed E-state index contributed by atoms with van der Waals surface area (Å²) in [5.41, 5.74) is 4.41. The lowest BCUT2D eigenvalue weighted by molar-refractivity contribution is 0.0954. The second-order valence-corrected chi connectivity index (χ2v) is 4.44. The summed E-state index contributed by atoms with van der Waals surface area (Å²) in [7, 11) is 3.16. The molecule has 0 saturated heterocycles. The average molecular weight is 299 g/mol. The monoisotopic (exact) mass is 299 g/mol. The largest absolute Gasteiger partial charge is 0.497 e. The number of benzene rings is 1. The summed E-state index contributed by atoms with van der Waals surface area (Å²) in [6.07, 6.45) is 3.11. The van der Waals surface area contributed by atoms with Gasteiger partial charge in [-0.3, -0.25) is 9.78 Å². The first kappa shape index (κ1) is 15.5. The van der Waals surface area contributed by atoms with Crippen LogP contribution >= 0.6 is 0 Å². The molecule has 0 aliphatic carbocycles. The number of nitrogens with zero attached hydrogens (tertiary/aromatic N) is 2. The van der Waals surface area contributed by atoms with Crippen LogP contribution in [-0.4, -0.2) is 30.8 Å². The number of rotatable bonds is 5. The molecule has 2 aromatic rings. The van der Waals surface area contributed by atoms with Gasteiger partial charge in [-0.25, -0.2) is 5.43 Å². The normalized spacial score (nSPS) is 11.0. The van der Waals surface area contributed by atoms with Gasteiger partial charge >= 0.3 is 0 Å². The quantitative estimate of drug-likeness (QED) is 0.679. The number of hydrazone groups is 1. The van der Waals surface area contributed by atoms with E-state index in [1.165, 1.54) is 0 Å². The maximum absolute atomic E-state index is 11.9. The Morgan fingerprint density at radius 1 is 1.14 bits per heavy atom. The highest BCUT2D eigenvalue weighted by atomic mass is 16.5. The van der Waals surface area contributed by atoms with E-state index in [2.05, 4.69) is 15.5 Å². The molecule has 1 heterocycles. The molecule has 1 amide bonds. The molecule has 114 valence electrons. The summed E-state index contributed by atoms with van der Waals surface area (Å²) in [6.45, 7) is 1.79. The van der Waals surface area contributed by atoms with Crippen LogP contribution in [0.4, 0.5) is 0 Å². The molecule has 0 saturated carbocycles. The zero-order valence-electron chi connectivity index (χ0n) is 12.7. The zero-order chi connectivity index (χ0) is 15.9. The number of aromatic nitrogens is 1. The maximum atomic E-state index is 11.9. The van der Waals surface area contributed by atoms with Crippen LogP contribution < -0.4 is 14.9 Å². The fourth-order valence-electron chi connectivity index (χ4n) is 1.86. The van der Waals surface area contributed by atoms with Crippen LogP contribution in [0.25, 0.3) is 0 Å². The SMILES string of the molecule is COc1ccc(/C(C)=N\NC(=O)c2ccncc2)c(OC)c1. The molecule has 0 spiro atoms. The average Bonchev–Trinajstić information content (AvgIpc) is 2.59. The lowest BCUT2D eigenvalue weighted by atomic mass is 10.1. The molecule has 6 heteroatoms. The van der Waals surface area contributed by atoms with Gasteiger partial charge in [0.05, 0.1) is 19.9 Å². The molecule has 0 aliphatic heterocycles. The molecule has 0 atom stereocenters. The van der Waals surface area contributed by atoms with Crippen molar-refractivity contribution in [1.29, 1.82) is 0 Å². The lowest BCUT2D eigenvalue weighted by Crippen LogP contribution is -2.19. The number of methoxy groups -OCH3 is 2. The molecule has 22 heavy (non-hydrogen) atoms. The van der Waals surface area contributed by atoms with E-state index in [1.807, 2.05) is 12.1 Å². The highest BCUT2D eigenvalue weighted by Gasteiger charge is 2.09. The van der Waals surface area contributed by atoms with Gasteiger partial charge < -0.3 is 9.47 Å². The molecular formula is C16H17N3O3. The number of ether oxygens (including phenoxy) is 2. The van der Waals surface area contributed by atoms with E-state index in [1.54, 1.807) is 51.7 Å². The number of hydrogen-bond donors (Lipinski definition) is 1. The molecule has 1 aromatic carbocycles. The fourth-order valence-corrected chi connectivity index (χ4v) is 1.86. The first-order valence-corrected chi connectivity index (χ1v) is 6.62. The number of carbonyl (C=O) groups excluding carboxylic acids is 1. The summed E-state index contributed by atoms with van der Waals surface area (Å²) in [6, 6.07) is 8.64. The number of carbonyl (C=O) groups is 1. The number of amides is 1. The second-order valence-electron chi connectivity index (χ2n) is 4.44. The van der Waals surface area contributed by atoms with Gasteiger partial charge in [0, 0.05) is 29.6 Å². The van der Waals surface area contributed by atoms with E-state index in [-0.39, 0.29) is 5.91 Å². The van der Waals surface area contributed by atoms with E-state index in [9.17, 15) is 4.79 Å². The zero-order valence-corrected chi connectivity index (χ0v) is 12.7. The summed E-state index contributed by atoms with van der Waals surface area (Å²) in [5, 5.41) is 4.11. The third kappa shape index (κ3) is 3.60. The fraction of sp³-hybridized carbons (Fsp3) is 0.188. The van der Waals surface area contributed by atoms with Crippen molar-refractivity contribution in [3.8, 4) is 11.5 Å². The molecule has 0 bridgehead atoms. The van der Waals surface area contributed by atoms with Crippen molar-refractivity contribution in [2.24, 2.45) is 5.10 Å². The molecule has 1 aromatic heterocycles. The molecule has 1 N–H and O–H groups in total. The van der Waals surface area contributed by atoms with Crippen molar-refractivity contribution in [3.05, 3.63) is 53.9 Å². The maximum Gasteiger partial charge on any atom is 0.271 e. The Labute approximate surface area is 128 Å². The van der Waals surface area contributed by atoms with E-state index in [0.717, 1.165) is 5.56 Å². The van der Waals surface area contributed by atoms with Gasteiger partial charge in [0.2, 0.25) is 0 Å². The lowest BCUT2D eigenvalue weighted by Gasteiger charge is -2.10. The van der Waals surface area contributed by atoms with E-state index >= 15 is 0 Å². The molecule has 6 nitrogen and oxygen atoms in total. The van der Waals surface area contributed by atoms with Gasteiger partial charge in [0.15, 0.2) is 0 Å². The molecular weight excluding hydrogens is 282 g/mol. The van der Waals surface area contributed by atoms with Gasteiger partial charge in [-0.1, -0.05) is 0 Å². The van der Waals surface area contributed by atoms with Crippen LogP contribution in [0, 0.1) is 0 Å². The summed E-state index contributed by atoms with van der Waals surface area (Å²) in [4.78, 5) is 15.8. The van der Waals surface area contributed by atoms with Crippen molar-refractivity contribution in [1.82, 2.24) is 10.4 Å². The predicted octanol–water partition coefficient (Wildman–Crippen LogP) is 2.25. The Kier molecular flexibility index (Phi) is 5.08. The Morgan fingerprint density at radius 3 is 2.50 bits per heavy atom. The minimum absolute atomic E-state index is 0.297. The second kappa shape index (κ2) is 7.21. The van der Waals surface area contributed by atoms with Crippen LogP contribution in [0.2, 0.25) is 0 Å². The first-order chi connectivity index (χ1) is 10.7. The topological polar surface area (TPSA) is 72.8 Å². The van der Waals surface area contributed by atoms with Gasteiger partial charge in [-0.05, 0) is 31.2 Å². The summed E-state index contributed by atoms with van der Waals surface area (Å²) < 4.78 is 10.5. The minimum Gasteiger partial charge on any atom is -0.497 e. The highest BCUT2D eigenvalue weighted by Crippen LogP contribution is 2.25. The van der Waals surface area contributed by atoms with Crippen molar-refractivity contribution in [3.63, 3.8) is 0 Å². The van der Waals surface area contributed by atoms with E-state index in [4.69, 9.17) is 9.47 Å². The van der Waals surface area contributed by atoms with Gasteiger partial charge in [0.25, 0.3) is 5.91 Å². The van der Waals surface area contributed by atoms with Crippen molar-refractivity contribution >= 4 is 11.6 Å². The molecule has 2 rings (SSSR count). The number of nitrogens with one attached hydrogen (secondary N) is 1. The standard InChI is InChI=1S/C16H17N3O3/c1-11(14-5-4-13(21-2)10-15(14)22-3)18-19-16(20)12-6-8-17-9-7-12/h4-10H,1-3H3,(H,19,20)/b18-11-. The Hall–Kier alpha value is -2.89. The van der Waals surface area contributed by atoms with Gasteiger partial charge in [0.1, 0.15) is 11.5 Å². The van der Waals surface area contributed by atoms with Crippen LogP contribution in [0.3, 0.4) is 0 Å². The molecule has 0 aliphatic rings. The first-order valence-electron chi connectivity index (χ1n) is 6.62. The predicted molar refractivity (Wildman–Crippen MR) is 83.5 cm³/mol. The van der Waals surface area contributed by atoms with Gasteiger partial charge in [-0.15, -0.1) is 0 Å². The number of hydrogen-bond acceptors (Lipinski definition) is 5. The smallest absolute Gasteiger partial charge is 0.271 e. The van der Waals surface area contributed by atoms with Gasteiger partial charge in [-0.2, -0.15) is 5.10 Å². The van der Waals surface area contributed by atoms with Crippen molar-refractivity contribution in [2.45, 2.75) is 6.92 Å². The Bertz CT molecular complexity index is 684. The van der Waals surface area contributed by atoms with E-state index < -0.39 is 0 Å². The third-order valence-corrected chi connectivity index (χ3v) is 3.07. The van der Waals surface area contributed by atoms with Crippen molar-refractivity contribution < 1.29 is 14.3 Å². The molecule has 0 radical (unpaired) electrons. The highest BCUT2D eigenvalue weighted by molar-refractivity contribution is 6.02. The van der Waals surface area contributed by atoms with Crippen LogP contribution in [0.5, 0.6) is 11.5 Å². The van der Waals surface area contributed by atoms with Crippen LogP contribution in [0.15, 0.2) is 47.8 Å². The van der Waals surface area contributed by atoms with Crippen LogP contribution in [-0.2, 0) is 0 Å². The Morgan fingerprint density at radius 2 is 1.86 bits per heavy atom. The van der Waals surface area contributed by atoms with Crippen LogP contribution in [0.1, 0.15) is 22.8 Å². The minimum atomic E-state index is -0.297. The number of pyridine rings is 1.